The van der Waals surface area contributed by atoms with Crippen molar-refractivity contribution in [3.63, 3.8) is 0 Å². The summed E-state index contributed by atoms with van der Waals surface area (Å²) in [7, 11) is 4.12. The van der Waals surface area contributed by atoms with Gasteiger partial charge < -0.3 is 26.0 Å². The number of halogens is 3. The Hall–Kier alpha value is -2.56. The Labute approximate surface area is 224 Å². The highest BCUT2D eigenvalue weighted by molar-refractivity contribution is 5.95. The van der Waals surface area contributed by atoms with Crippen LogP contribution in [0.15, 0.2) is 53.5 Å². The number of amides is 1. The summed E-state index contributed by atoms with van der Waals surface area (Å²) in [4.78, 5) is 35.5. The molecule has 12 heteroatoms. The summed E-state index contributed by atoms with van der Waals surface area (Å²) in [5.74, 6) is -0.200. The first-order valence-corrected chi connectivity index (χ1v) is 10.5. The van der Waals surface area contributed by atoms with Gasteiger partial charge in [0.25, 0.3) is 5.91 Å². The number of piperazine rings is 1. The summed E-state index contributed by atoms with van der Waals surface area (Å²) in [5, 5.41) is 0. The fourth-order valence-corrected chi connectivity index (χ4v) is 3.35. The molecule has 194 valence electrons. The van der Waals surface area contributed by atoms with Crippen molar-refractivity contribution in [3.8, 4) is 5.75 Å². The molecule has 3 rings (SSSR count). The van der Waals surface area contributed by atoms with Gasteiger partial charge in [-0.3, -0.25) is 9.69 Å². The van der Waals surface area contributed by atoms with Gasteiger partial charge in [0.1, 0.15) is 5.75 Å². The van der Waals surface area contributed by atoms with E-state index in [2.05, 4.69) is 28.9 Å². The number of guanidine groups is 1. The Morgan fingerprint density at radius 2 is 1.43 bits per heavy atom. The van der Waals surface area contributed by atoms with Crippen LogP contribution < -0.4 is 16.2 Å². The molecule has 1 saturated heterocycles. The second kappa shape index (κ2) is 15.4. The standard InChI is InChI=1S/C23H30N6O3.3ClH/c1-27(2)11-12-28-13-15-29(16-14-28)21(30)17-5-9-20(10-6-17)32-22(31)18-3-7-19(8-4-18)26-23(24)25;;;/h3-10H,11-16H2,1-2H3,(H4,24,25,26);3*1H. The number of nitrogens with zero attached hydrogens (tertiary/aromatic N) is 4. The first-order chi connectivity index (χ1) is 15.3. The number of rotatable bonds is 7. The highest BCUT2D eigenvalue weighted by Crippen LogP contribution is 2.18. The van der Waals surface area contributed by atoms with Gasteiger partial charge in [-0.2, -0.15) is 0 Å². The predicted octanol–water partition coefficient (Wildman–Crippen LogP) is 2.40. The average Bonchev–Trinajstić information content (AvgIpc) is 2.78. The van der Waals surface area contributed by atoms with Crippen LogP contribution in [0.2, 0.25) is 0 Å². The number of hydrogen-bond donors (Lipinski definition) is 2. The number of ether oxygens (including phenoxy) is 1. The summed E-state index contributed by atoms with van der Waals surface area (Å²) in [6.07, 6.45) is 0. The normalized spacial score (nSPS) is 13.1. The molecule has 4 N–H and O–H groups in total. The number of carbonyl (C=O) groups excluding carboxylic acids is 2. The molecule has 2 aromatic rings. The average molecular weight is 548 g/mol. The van der Waals surface area contributed by atoms with Crippen LogP contribution in [0.4, 0.5) is 5.69 Å². The third-order valence-electron chi connectivity index (χ3n) is 5.20. The van der Waals surface area contributed by atoms with Gasteiger partial charge in [-0.1, -0.05) is 0 Å². The minimum absolute atomic E-state index is 0. The number of esters is 1. The van der Waals surface area contributed by atoms with Gasteiger partial charge in [-0.25, -0.2) is 9.79 Å². The number of aliphatic imine (C=N–C) groups is 1. The van der Waals surface area contributed by atoms with E-state index in [1.54, 1.807) is 48.5 Å². The van der Waals surface area contributed by atoms with E-state index in [0.717, 1.165) is 26.2 Å². The summed E-state index contributed by atoms with van der Waals surface area (Å²) in [6, 6.07) is 13.0. The molecule has 1 aliphatic heterocycles. The Kier molecular flexibility index (Phi) is 14.3. The molecule has 1 amide bonds. The molecule has 0 unspecified atom stereocenters. The van der Waals surface area contributed by atoms with E-state index in [4.69, 9.17) is 16.2 Å². The van der Waals surface area contributed by atoms with E-state index in [1.165, 1.54) is 0 Å². The van der Waals surface area contributed by atoms with E-state index < -0.39 is 5.97 Å². The minimum atomic E-state index is -0.505. The molecule has 0 spiro atoms. The smallest absolute Gasteiger partial charge is 0.343 e. The van der Waals surface area contributed by atoms with Crippen LogP contribution in [0.3, 0.4) is 0 Å². The second-order valence-electron chi connectivity index (χ2n) is 7.93. The van der Waals surface area contributed by atoms with Gasteiger partial charge >= 0.3 is 5.97 Å². The molecule has 0 bridgehead atoms. The first kappa shape index (κ1) is 32.4. The van der Waals surface area contributed by atoms with E-state index in [9.17, 15) is 9.59 Å². The van der Waals surface area contributed by atoms with Crippen LogP contribution >= 0.6 is 37.2 Å². The molecule has 0 saturated carbocycles. The molecule has 2 aromatic carbocycles. The lowest BCUT2D eigenvalue weighted by atomic mass is 10.1. The van der Waals surface area contributed by atoms with Crippen LogP contribution in [0, 0.1) is 0 Å². The summed E-state index contributed by atoms with van der Waals surface area (Å²) in [5.41, 5.74) is 12.2. The van der Waals surface area contributed by atoms with Gasteiger partial charge in [0.2, 0.25) is 0 Å². The number of hydrogen-bond acceptors (Lipinski definition) is 6. The lowest BCUT2D eigenvalue weighted by Crippen LogP contribution is -2.49. The van der Waals surface area contributed by atoms with Crippen molar-refractivity contribution < 1.29 is 14.3 Å². The van der Waals surface area contributed by atoms with E-state index in [1.807, 2.05) is 4.90 Å². The number of benzene rings is 2. The Morgan fingerprint density at radius 3 is 1.94 bits per heavy atom. The quantitative estimate of drug-likeness (QED) is 0.237. The highest BCUT2D eigenvalue weighted by atomic mass is 35.5. The van der Waals surface area contributed by atoms with Crippen molar-refractivity contribution in [1.82, 2.24) is 14.7 Å². The van der Waals surface area contributed by atoms with Crippen LogP contribution in [0.1, 0.15) is 20.7 Å². The van der Waals surface area contributed by atoms with Gasteiger partial charge in [-0.05, 0) is 62.6 Å². The molecule has 1 heterocycles. The van der Waals surface area contributed by atoms with E-state index in [0.29, 0.717) is 35.7 Å². The molecule has 1 fully saturated rings. The van der Waals surface area contributed by atoms with Crippen molar-refractivity contribution >= 4 is 60.7 Å². The molecular weight excluding hydrogens is 515 g/mol. The summed E-state index contributed by atoms with van der Waals surface area (Å²) < 4.78 is 5.40. The Morgan fingerprint density at radius 1 is 0.886 bits per heavy atom. The van der Waals surface area contributed by atoms with Gasteiger partial charge in [0.05, 0.1) is 11.3 Å². The van der Waals surface area contributed by atoms with Crippen molar-refractivity contribution in [1.29, 1.82) is 0 Å². The minimum Gasteiger partial charge on any atom is -0.423 e. The van der Waals surface area contributed by atoms with E-state index in [-0.39, 0.29) is 49.1 Å². The van der Waals surface area contributed by atoms with E-state index >= 15 is 0 Å². The zero-order valence-electron chi connectivity index (χ0n) is 19.8. The molecule has 35 heavy (non-hydrogen) atoms. The SMILES string of the molecule is CN(C)CCN1CCN(C(=O)c2ccc(OC(=O)c3ccc(N=C(N)N)cc3)cc2)CC1.Cl.Cl.Cl. The van der Waals surface area contributed by atoms with Crippen LogP contribution in [0.25, 0.3) is 0 Å². The molecule has 0 atom stereocenters. The molecule has 1 aliphatic rings. The molecule has 9 nitrogen and oxygen atoms in total. The second-order valence-corrected chi connectivity index (χ2v) is 7.93. The summed E-state index contributed by atoms with van der Waals surface area (Å²) in [6.45, 7) is 5.17. The molecular formula is C23H33Cl3N6O3. The largest absolute Gasteiger partial charge is 0.423 e. The maximum Gasteiger partial charge on any atom is 0.343 e. The number of nitrogens with two attached hydrogens (primary N) is 2. The maximum atomic E-state index is 12.8. The zero-order valence-corrected chi connectivity index (χ0v) is 22.2. The monoisotopic (exact) mass is 546 g/mol. The fraction of sp³-hybridized carbons (Fsp3) is 0.348. The number of likely N-dealkylation sites (N-methyl/N-ethyl adjacent to an activating group) is 1. The van der Waals surface area contributed by atoms with Crippen molar-refractivity contribution in [3.05, 3.63) is 59.7 Å². The third kappa shape index (κ3) is 9.91. The molecule has 0 aliphatic carbocycles. The first-order valence-electron chi connectivity index (χ1n) is 10.5. The van der Waals surface area contributed by atoms with Crippen LogP contribution in [-0.4, -0.2) is 85.9 Å². The van der Waals surface area contributed by atoms with Gasteiger partial charge in [-0.15, -0.1) is 37.2 Å². The fourth-order valence-electron chi connectivity index (χ4n) is 3.35. The zero-order chi connectivity index (χ0) is 23.1. The third-order valence-corrected chi connectivity index (χ3v) is 5.20. The highest BCUT2D eigenvalue weighted by Gasteiger charge is 2.22. The molecule has 0 aromatic heterocycles. The predicted molar refractivity (Wildman–Crippen MR) is 146 cm³/mol. The molecule has 0 radical (unpaired) electrons. The van der Waals surface area contributed by atoms with Gasteiger partial charge in [0, 0.05) is 44.8 Å². The Balaban J connectivity index is 0.00000385. The summed E-state index contributed by atoms with van der Waals surface area (Å²) >= 11 is 0. The Bertz CT molecular complexity index is 959. The van der Waals surface area contributed by atoms with Crippen molar-refractivity contribution in [2.45, 2.75) is 0 Å². The van der Waals surface area contributed by atoms with Crippen molar-refractivity contribution in [2.24, 2.45) is 16.5 Å². The van der Waals surface area contributed by atoms with Gasteiger partial charge in [0.15, 0.2) is 5.96 Å². The number of carbonyl (C=O) groups is 2. The lowest BCUT2D eigenvalue weighted by Gasteiger charge is -2.35. The van der Waals surface area contributed by atoms with Crippen LogP contribution in [-0.2, 0) is 0 Å². The topological polar surface area (TPSA) is 117 Å². The maximum absolute atomic E-state index is 12.8. The lowest BCUT2D eigenvalue weighted by molar-refractivity contribution is 0.0629. The van der Waals surface area contributed by atoms with Crippen molar-refractivity contribution in [2.75, 3.05) is 53.4 Å². The van der Waals surface area contributed by atoms with Crippen LogP contribution in [0.5, 0.6) is 5.75 Å².